The molecule has 0 unspecified atom stereocenters. The molecule has 0 fully saturated rings. The quantitative estimate of drug-likeness (QED) is 0.501. The first kappa shape index (κ1) is 19.9. The summed E-state index contributed by atoms with van der Waals surface area (Å²) >= 11 is 3.09. The molecule has 8 nitrogen and oxygen atoms in total. The van der Waals surface area contributed by atoms with E-state index in [2.05, 4.69) is 26.0 Å². The molecule has 0 heterocycles. The molecule has 0 aliphatic heterocycles. The van der Waals surface area contributed by atoms with Gasteiger partial charge in [-0.1, -0.05) is 15.9 Å². The second kappa shape index (κ2) is 8.34. The molecule has 11 heteroatoms. The van der Waals surface area contributed by atoms with Crippen LogP contribution in [0.1, 0.15) is 6.42 Å². The first-order chi connectivity index (χ1) is 12.2. The largest absolute Gasteiger partial charge is 0.324 e. The lowest BCUT2D eigenvalue weighted by molar-refractivity contribution is -0.384. The molecule has 138 valence electrons. The molecule has 0 aliphatic carbocycles. The number of carbonyl (C=O) groups is 1. The Hall–Kier alpha value is -2.37. The molecule has 2 aromatic carbocycles. The average Bonchev–Trinajstić information content (AvgIpc) is 2.57. The molecule has 0 saturated heterocycles. The number of sulfonamides is 1. The van der Waals surface area contributed by atoms with Gasteiger partial charge in [0.25, 0.3) is 5.69 Å². The smallest absolute Gasteiger partial charge is 0.269 e. The van der Waals surface area contributed by atoms with Gasteiger partial charge in [0.1, 0.15) is 5.82 Å². The normalized spacial score (nSPS) is 11.2. The van der Waals surface area contributed by atoms with Crippen LogP contribution in [-0.4, -0.2) is 25.8 Å². The van der Waals surface area contributed by atoms with E-state index in [0.29, 0.717) is 4.47 Å². The lowest BCUT2D eigenvalue weighted by Gasteiger charge is -2.08. The molecule has 0 aliphatic rings. The third-order valence-corrected chi connectivity index (χ3v) is 5.18. The number of benzene rings is 2. The van der Waals surface area contributed by atoms with Crippen LogP contribution in [0.5, 0.6) is 0 Å². The number of anilines is 1. The maximum Gasteiger partial charge on any atom is 0.269 e. The van der Waals surface area contributed by atoms with Crippen molar-refractivity contribution in [1.29, 1.82) is 0 Å². The number of nitrogens with one attached hydrogen (secondary N) is 2. The number of hydrogen-bond acceptors (Lipinski definition) is 5. The number of halogens is 2. The number of hydrogen-bond donors (Lipinski definition) is 2. The van der Waals surface area contributed by atoms with E-state index in [1.807, 2.05) is 0 Å². The lowest BCUT2D eigenvalue weighted by Crippen LogP contribution is -2.28. The topological polar surface area (TPSA) is 118 Å². The minimum Gasteiger partial charge on any atom is -0.324 e. The monoisotopic (exact) mass is 445 g/mol. The van der Waals surface area contributed by atoms with Gasteiger partial charge in [-0.3, -0.25) is 14.9 Å². The molecular formula is C15H13BrFN3O5S. The van der Waals surface area contributed by atoms with Gasteiger partial charge in [0.15, 0.2) is 0 Å². The van der Waals surface area contributed by atoms with Crippen LogP contribution in [0, 0.1) is 15.9 Å². The van der Waals surface area contributed by atoms with E-state index in [-0.39, 0.29) is 29.2 Å². The third kappa shape index (κ3) is 5.31. The van der Waals surface area contributed by atoms with Crippen molar-refractivity contribution in [2.75, 3.05) is 11.9 Å². The van der Waals surface area contributed by atoms with Crippen molar-refractivity contribution in [3.63, 3.8) is 0 Å². The van der Waals surface area contributed by atoms with Crippen LogP contribution >= 0.6 is 15.9 Å². The number of rotatable bonds is 7. The molecule has 2 aromatic rings. The number of nitro groups is 1. The first-order valence-corrected chi connectivity index (χ1v) is 9.46. The van der Waals surface area contributed by atoms with Gasteiger partial charge in [-0.2, -0.15) is 0 Å². The van der Waals surface area contributed by atoms with Gasteiger partial charge < -0.3 is 5.32 Å². The number of non-ortho nitro benzene ring substituents is 1. The van der Waals surface area contributed by atoms with Crippen molar-refractivity contribution in [2.24, 2.45) is 0 Å². The van der Waals surface area contributed by atoms with Gasteiger partial charge in [-0.25, -0.2) is 17.5 Å². The zero-order valence-electron chi connectivity index (χ0n) is 13.1. The number of carbonyl (C=O) groups excluding carboxylic acids is 1. The molecule has 0 atom stereocenters. The van der Waals surface area contributed by atoms with Crippen LogP contribution in [-0.2, 0) is 14.8 Å². The van der Waals surface area contributed by atoms with E-state index < -0.39 is 26.7 Å². The fourth-order valence-electron chi connectivity index (χ4n) is 1.93. The molecule has 0 spiro atoms. The van der Waals surface area contributed by atoms with E-state index in [1.54, 1.807) is 6.07 Å². The summed E-state index contributed by atoms with van der Waals surface area (Å²) < 4.78 is 40.5. The van der Waals surface area contributed by atoms with Crippen LogP contribution in [0.4, 0.5) is 15.8 Å². The molecule has 0 aromatic heterocycles. The first-order valence-electron chi connectivity index (χ1n) is 7.18. The van der Waals surface area contributed by atoms with E-state index in [1.165, 1.54) is 12.1 Å². The highest BCUT2D eigenvalue weighted by molar-refractivity contribution is 9.10. The number of nitro benzene ring substituents is 1. The molecular weight excluding hydrogens is 433 g/mol. The highest BCUT2D eigenvalue weighted by Crippen LogP contribution is 2.19. The van der Waals surface area contributed by atoms with E-state index in [4.69, 9.17) is 0 Å². The van der Waals surface area contributed by atoms with Gasteiger partial charge in [-0.15, -0.1) is 0 Å². The SMILES string of the molecule is O=C(CCNS(=O)(=O)c1ccc([N+](=O)[O-])cc1)Nc1ccc(Br)cc1F. The number of nitrogens with zero attached hydrogens (tertiary/aromatic N) is 1. The Morgan fingerprint density at radius 2 is 1.85 bits per heavy atom. The van der Waals surface area contributed by atoms with Crippen LogP contribution in [0.25, 0.3) is 0 Å². The molecule has 0 radical (unpaired) electrons. The predicted octanol–water partition coefficient (Wildman–Crippen LogP) is 2.80. The van der Waals surface area contributed by atoms with Crippen molar-refractivity contribution in [3.05, 3.63) is 62.9 Å². The summed E-state index contributed by atoms with van der Waals surface area (Å²) in [5.74, 6) is -1.20. The Balaban J connectivity index is 1.91. The summed E-state index contributed by atoms with van der Waals surface area (Å²) in [6.07, 6.45) is -0.221. The summed E-state index contributed by atoms with van der Waals surface area (Å²) in [6.45, 7) is -0.219. The summed E-state index contributed by atoms with van der Waals surface area (Å²) in [5, 5.41) is 12.9. The summed E-state index contributed by atoms with van der Waals surface area (Å²) in [6, 6.07) is 8.44. The Morgan fingerprint density at radius 3 is 2.42 bits per heavy atom. The van der Waals surface area contributed by atoms with E-state index in [9.17, 15) is 27.7 Å². The van der Waals surface area contributed by atoms with E-state index in [0.717, 1.165) is 24.3 Å². The van der Waals surface area contributed by atoms with Crippen molar-refractivity contribution >= 4 is 43.2 Å². The summed E-state index contributed by atoms with van der Waals surface area (Å²) in [4.78, 5) is 21.6. The molecule has 0 bridgehead atoms. The average molecular weight is 446 g/mol. The van der Waals surface area contributed by atoms with Crippen LogP contribution in [0.15, 0.2) is 51.8 Å². The van der Waals surface area contributed by atoms with Gasteiger partial charge in [0, 0.05) is 29.6 Å². The van der Waals surface area contributed by atoms with Crippen molar-refractivity contribution in [2.45, 2.75) is 11.3 Å². The second-order valence-corrected chi connectivity index (χ2v) is 7.75. The van der Waals surface area contributed by atoms with Crippen LogP contribution in [0.2, 0.25) is 0 Å². The Bertz CT molecular complexity index is 935. The lowest BCUT2D eigenvalue weighted by atomic mass is 10.3. The third-order valence-electron chi connectivity index (χ3n) is 3.21. The molecule has 26 heavy (non-hydrogen) atoms. The molecule has 2 rings (SSSR count). The fourth-order valence-corrected chi connectivity index (χ4v) is 3.30. The molecule has 1 amide bonds. The van der Waals surface area contributed by atoms with Crippen LogP contribution < -0.4 is 10.0 Å². The highest BCUT2D eigenvalue weighted by atomic mass is 79.9. The maximum absolute atomic E-state index is 13.6. The van der Waals surface area contributed by atoms with Gasteiger partial charge in [-0.05, 0) is 30.3 Å². The van der Waals surface area contributed by atoms with Gasteiger partial charge in [0.2, 0.25) is 15.9 Å². The van der Waals surface area contributed by atoms with Crippen LogP contribution in [0.3, 0.4) is 0 Å². The fraction of sp³-hybridized carbons (Fsp3) is 0.133. The van der Waals surface area contributed by atoms with E-state index >= 15 is 0 Å². The summed E-state index contributed by atoms with van der Waals surface area (Å²) in [7, 11) is -3.92. The highest BCUT2D eigenvalue weighted by Gasteiger charge is 2.16. The van der Waals surface area contributed by atoms with Gasteiger partial charge >= 0.3 is 0 Å². The standard InChI is InChI=1S/C15H13BrFN3O5S/c16-10-1-6-14(13(17)9-10)19-15(21)7-8-18-26(24,25)12-4-2-11(3-5-12)20(22)23/h1-6,9,18H,7-8H2,(H,19,21). The summed E-state index contributed by atoms with van der Waals surface area (Å²) in [5.41, 5.74) is -0.253. The molecule has 2 N–H and O–H groups in total. The zero-order valence-corrected chi connectivity index (χ0v) is 15.5. The minimum atomic E-state index is -3.92. The zero-order chi connectivity index (χ0) is 19.3. The Labute approximate surface area is 156 Å². The number of amides is 1. The molecule has 0 saturated carbocycles. The van der Waals surface area contributed by atoms with Gasteiger partial charge in [0.05, 0.1) is 15.5 Å². The Kier molecular flexibility index (Phi) is 6.40. The minimum absolute atomic E-state index is 0.0172. The van der Waals surface area contributed by atoms with Crippen molar-refractivity contribution < 1.29 is 22.5 Å². The van der Waals surface area contributed by atoms with Crippen molar-refractivity contribution in [1.82, 2.24) is 4.72 Å². The van der Waals surface area contributed by atoms with Crippen molar-refractivity contribution in [3.8, 4) is 0 Å². The Morgan fingerprint density at radius 1 is 1.19 bits per heavy atom. The second-order valence-electron chi connectivity index (χ2n) is 5.07. The predicted molar refractivity (Wildman–Crippen MR) is 95.6 cm³/mol. The maximum atomic E-state index is 13.6.